The standard InChI is InChI=1S/C15H12N4O4/c1-7-17-11-9(3-2-8(6-16)13(11)23-7)19-14(21)12-10(20)4-5-18(12)15(19)22/h2-3,10,20-21H,4-5H2,1H3/t10-/m1/s1. The quantitative estimate of drug-likeness (QED) is 0.695. The van der Waals surface area contributed by atoms with E-state index in [1.807, 2.05) is 6.07 Å². The van der Waals surface area contributed by atoms with Gasteiger partial charge in [0.2, 0.25) is 5.88 Å². The van der Waals surface area contributed by atoms with Gasteiger partial charge in [-0.15, -0.1) is 0 Å². The lowest BCUT2D eigenvalue weighted by Crippen LogP contribution is -2.22. The fraction of sp³-hybridized carbons (Fsp3) is 0.267. The summed E-state index contributed by atoms with van der Waals surface area (Å²) in [5, 5.41) is 29.5. The number of aryl methyl sites for hydroxylation is 1. The zero-order chi connectivity index (χ0) is 16.3. The molecule has 8 heteroatoms. The minimum Gasteiger partial charge on any atom is -0.493 e. The number of aromatic hydroxyl groups is 1. The van der Waals surface area contributed by atoms with E-state index in [0.29, 0.717) is 35.6 Å². The maximum Gasteiger partial charge on any atom is 0.336 e. The van der Waals surface area contributed by atoms with Crippen molar-refractivity contribution in [3.05, 3.63) is 39.8 Å². The average molecular weight is 312 g/mol. The Morgan fingerprint density at radius 1 is 1.48 bits per heavy atom. The molecule has 8 nitrogen and oxygen atoms in total. The van der Waals surface area contributed by atoms with Crippen molar-refractivity contribution in [1.29, 1.82) is 5.26 Å². The number of fused-ring (bicyclic) bond motifs is 2. The van der Waals surface area contributed by atoms with Gasteiger partial charge in [0, 0.05) is 13.5 Å². The molecular weight excluding hydrogens is 300 g/mol. The van der Waals surface area contributed by atoms with Crippen molar-refractivity contribution < 1.29 is 14.6 Å². The first-order valence-corrected chi connectivity index (χ1v) is 7.06. The number of hydrogen-bond acceptors (Lipinski definition) is 6. The average Bonchev–Trinajstić information content (AvgIpc) is 3.15. The highest BCUT2D eigenvalue weighted by molar-refractivity contribution is 5.87. The molecule has 23 heavy (non-hydrogen) atoms. The van der Waals surface area contributed by atoms with Gasteiger partial charge in [0.15, 0.2) is 11.5 Å². The number of aliphatic hydroxyl groups is 1. The molecule has 0 radical (unpaired) electrons. The third-order valence-electron chi connectivity index (χ3n) is 4.09. The van der Waals surface area contributed by atoms with E-state index in [1.54, 1.807) is 6.92 Å². The molecule has 0 saturated heterocycles. The number of imidazole rings is 1. The van der Waals surface area contributed by atoms with Gasteiger partial charge in [-0.25, -0.2) is 14.3 Å². The molecule has 3 heterocycles. The van der Waals surface area contributed by atoms with Crippen LogP contribution in [0.15, 0.2) is 21.3 Å². The van der Waals surface area contributed by atoms with Crippen LogP contribution in [0.2, 0.25) is 0 Å². The van der Waals surface area contributed by atoms with E-state index in [4.69, 9.17) is 9.68 Å². The maximum atomic E-state index is 12.6. The molecule has 3 aromatic rings. The van der Waals surface area contributed by atoms with Crippen LogP contribution in [0.5, 0.6) is 5.88 Å². The van der Waals surface area contributed by atoms with E-state index in [0.717, 1.165) is 4.57 Å². The van der Waals surface area contributed by atoms with Gasteiger partial charge < -0.3 is 14.6 Å². The Hall–Kier alpha value is -3.05. The van der Waals surface area contributed by atoms with Gasteiger partial charge in [0.1, 0.15) is 23.4 Å². The second kappa shape index (κ2) is 4.47. The molecular formula is C15H12N4O4. The first kappa shape index (κ1) is 13.6. The molecule has 1 aliphatic heterocycles. The summed E-state index contributed by atoms with van der Waals surface area (Å²) in [5.41, 5.74) is 0.933. The fourth-order valence-corrected chi connectivity index (χ4v) is 3.07. The number of oxazole rings is 1. The zero-order valence-electron chi connectivity index (χ0n) is 12.1. The van der Waals surface area contributed by atoms with Crippen LogP contribution in [0.1, 0.15) is 29.7 Å². The SMILES string of the molecule is Cc1nc2c(-n3c(O)c4n(c3=O)CC[C@H]4O)ccc(C#N)c2o1. The number of benzene rings is 1. The van der Waals surface area contributed by atoms with Gasteiger partial charge in [0.05, 0.1) is 11.3 Å². The smallest absolute Gasteiger partial charge is 0.336 e. The van der Waals surface area contributed by atoms with Crippen molar-refractivity contribution in [1.82, 2.24) is 14.1 Å². The molecule has 1 aliphatic rings. The third-order valence-corrected chi connectivity index (χ3v) is 4.09. The van der Waals surface area contributed by atoms with Crippen molar-refractivity contribution in [3.8, 4) is 17.6 Å². The van der Waals surface area contributed by atoms with Gasteiger partial charge in [-0.2, -0.15) is 5.26 Å². The Morgan fingerprint density at radius 3 is 2.96 bits per heavy atom. The zero-order valence-corrected chi connectivity index (χ0v) is 12.1. The minimum absolute atomic E-state index is 0.202. The lowest BCUT2D eigenvalue weighted by atomic mass is 10.2. The van der Waals surface area contributed by atoms with Gasteiger partial charge in [-0.1, -0.05) is 0 Å². The van der Waals surface area contributed by atoms with E-state index >= 15 is 0 Å². The van der Waals surface area contributed by atoms with Crippen LogP contribution in [-0.4, -0.2) is 24.3 Å². The molecule has 0 spiro atoms. The number of nitriles is 1. The van der Waals surface area contributed by atoms with Crippen molar-refractivity contribution >= 4 is 11.1 Å². The second-order valence-corrected chi connectivity index (χ2v) is 5.44. The van der Waals surface area contributed by atoms with E-state index in [1.165, 1.54) is 16.7 Å². The highest BCUT2D eigenvalue weighted by Crippen LogP contribution is 2.35. The molecule has 0 saturated carbocycles. The summed E-state index contributed by atoms with van der Waals surface area (Å²) in [7, 11) is 0. The number of aliphatic hydroxyl groups excluding tert-OH is 1. The number of aromatic nitrogens is 3. The number of rotatable bonds is 1. The van der Waals surface area contributed by atoms with Crippen LogP contribution < -0.4 is 5.69 Å². The molecule has 0 amide bonds. The van der Waals surface area contributed by atoms with Crippen LogP contribution in [0, 0.1) is 18.3 Å². The lowest BCUT2D eigenvalue weighted by molar-refractivity contribution is 0.175. The van der Waals surface area contributed by atoms with Crippen LogP contribution >= 0.6 is 0 Å². The minimum atomic E-state index is -0.878. The highest BCUT2D eigenvalue weighted by atomic mass is 16.3. The summed E-state index contributed by atoms with van der Waals surface area (Å²) in [6.45, 7) is 1.98. The predicted molar refractivity (Wildman–Crippen MR) is 78.3 cm³/mol. The first-order valence-electron chi connectivity index (χ1n) is 7.06. The molecule has 2 aromatic heterocycles. The maximum absolute atomic E-state index is 12.6. The van der Waals surface area contributed by atoms with Crippen molar-refractivity contribution in [2.75, 3.05) is 0 Å². The summed E-state index contributed by atoms with van der Waals surface area (Å²) in [4.78, 5) is 16.8. The van der Waals surface area contributed by atoms with Gasteiger partial charge in [-0.3, -0.25) is 4.57 Å². The first-order chi connectivity index (χ1) is 11.0. The van der Waals surface area contributed by atoms with Crippen LogP contribution in [-0.2, 0) is 6.54 Å². The Kier molecular flexibility index (Phi) is 2.64. The fourth-order valence-electron chi connectivity index (χ4n) is 3.07. The predicted octanol–water partition coefficient (Wildman–Crippen LogP) is 1.10. The van der Waals surface area contributed by atoms with Crippen LogP contribution in [0.3, 0.4) is 0 Å². The molecule has 0 aliphatic carbocycles. The van der Waals surface area contributed by atoms with Crippen molar-refractivity contribution in [2.24, 2.45) is 0 Å². The molecule has 2 N–H and O–H groups in total. The molecule has 4 rings (SSSR count). The monoisotopic (exact) mass is 312 g/mol. The Labute approximate surface area is 129 Å². The molecule has 1 atom stereocenters. The summed E-state index contributed by atoms with van der Waals surface area (Å²) in [6, 6.07) is 5.05. The van der Waals surface area contributed by atoms with Crippen LogP contribution in [0.4, 0.5) is 0 Å². The second-order valence-electron chi connectivity index (χ2n) is 5.44. The number of hydrogen-bond donors (Lipinski definition) is 2. The molecule has 0 bridgehead atoms. The summed E-state index contributed by atoms with van der Waals surface area (Å²) in [6.07, 6.45) is -0.484. The van der Waals surface area contributed by atoms with Gasteiger partial charge >= 0.3 is 5.69 Å². The van der Waals surface area contributed by atoms with E-state index in [-0.39, 0.29) is 17.2 Å². The Morgan fingerprint density at radius 2 is 2.26 bits per heavy atom. The molecule has 1 aromatic carbocycles. The highest BCUT2D eigenvalue weighted by Gasteiger charge is 2.31. The van der Waals surface area contributed by atoms with Crippen molar-refractivity contribution in [3.63, 3.8) is 0 Å². The van der Waals surface area contributed by atoms with Crippen LogP contribution in [0.25, 0.3) is 16.8 Å². The number of nitrogens with zero attached hydrogens (tertiary/aromatic N) is 4. The Balaban J connectivity index is 2.08. The van der Waals surface area contributed by atoms with Gasteiger partial charge in [0.25, 0.3) is 0 Å². The largest absolute Gasteiger partial charge is 0.493 e. The third kappa shape index (κ3) is 1.68. The normalized spacial score (nSPS) is 16.7. The van der Waals surface area contributed by atoms with E-state index in [2.05, 4.69) is 4.98 Å². The molecule has 0 unspecified atom stereocenters. The summed E-state index contributed by atoms with van der Waals surface area (Å²) < 4.78 is 7.87. The van der Waals surface area contributed by atoms with E-state index < -0.39 is 11.8 Å². The van der Waals surface area contributed by atoms with Gasteiger partial charge in [-0.05, 0) is 18.6 Å². The summed E-state index contributed by atoms with van der Waals surface area (Å²) >= 11 is 0. The van der Waals surface area contributed by atoms with Crippen molar-refractivity contribution in [2.45, 2.75) is 26.0 Å². The topological polar surface area (TPSA) is 117 Å². The lowest BCUT2D eigenvalue weighted by Gasteiger charge is -2.06. The summed E-state index contributed by atoms with van der Waals surface area (Å²) in [5.74, 6) is 0.0370. The molecule has 0 fully saturated rings. The molecule has 116 valence electrons. The Bertz CT molecular complexity index is 1050. The van der Waals surface area contributed by atoms with E-state index in [9.17, 15) is 15.0 Å².